The van der Waals surface area contributed by atoms with Crippen LogP contribution in [0.15, 0.2) is 88.1 Å². The summed E-state index contributed by atoms with van der Waals surface area (Å²) in [6.45, 7) is 6.91. The molecule has 1 N–H and O–H groups in total. The molecule has 4 rings (SSSR count). The van der Waals surface area contributed by atoms with Crippen LogP contribution in [0.4, 0.5) is 4.79 Å². The SMILES string of the molecule is Cc1c(OC(=O)C(NC(=O)OC(C)(C)C)c2ccccc2)ccc2c(-c3ccccc3)cc(=O)oc12. The number of ether oxygens (including phenoxy) is 2. The Hall–Kier alpha value is -4.39. The van der Waals surface area contributed by atoms with Crippen molar-refractivity contribution in [3.63, 3.8) is 0 Å². The summed E-state index contributed by atoms with van der Waals surface area (Å²) in [6.07, 6.45) is -0.748. The molecule has 0 spiro atoms. The van der Waals surface area contributed by atoms with Crippen LogP contribution in [0.2, 0.25) is 0 Å². The van der Waals surface area contributed by atoms with Crippen LogP contribution >= 0.6 is 0 Å². The summed E-state index contributed by atoms with van der Waals surface area (Å²) in [5, 5.41) is 3.31. The predicted octanol–water partition coefficient (Wildman–Crippen LogP) is 5.94. The number of alkyl carbamates (subject to hydrolysis) is 1. The average Bonchev–Trinajstić information content (AvgIpc) is 2.84. The Morgan fingerprint density at radius 2 is 1.56 bits per heavy atom. The molecule has 36 heavy (non-hydrogen) atoms. The van der Waals surface area contributed by atoms with Crippen molar-refractivity contribution in [1.82, 2.24) is 5.32 Å². The van der Waals surface area contributed by atoms with Crippen molar-refractivity contribution in [2.45, 2.75) is 39.3 Å². The highest BCUT2D eigenvalue weighted by molar-refractivity contribution is 5.96. The van der Waals surface area contributed by atoms with Crippen molar-refractivity contribution in [3.05, 3.63) is 100 Å². The minimum atomic E-state index is -1.11. The van der Waals surface area contributed by atoms with Crippen LogP contribution in [-0.2, 0) is 9.53 Å². The second-order valence-corrected chi connectivity index (χ2v) is 9.32. The van der Waals surface area contributed by atoms with Crippen molar-refractivity contribution in [3.8, 4) is 16.9 Å². The van der Waals surface area contributed by atoms with E-state index in [9.17, 15) is 14.4 Å². The number of esters is 1. The first-order valence-electron chi connectivity index (χ1n) is 11.5. The minimum Gasteiger partial charge on any atom is -0.444 e. The topological polar surface area (TPSA) is 94.8 Å². The van der Waals surface area contributed by atoms with E-state index in [1.165, 1.54) is 6.07 Å². The van der Waals surface area contributed by atoms with Crippen LogP contribution in [0.3, 0.4) is 0 Å². The van der Waals surface area contributed by atoms with Gasteiger partial charge in [0.05, 0.1) is 0 Å². The minimum absolute atomic E-state index is 0.216. The molecule has 0 fully saturated rings. The summed E-state index contributed by atoms with van der Waals surface area (Å²) in [5.74, 6) is -0.496. The first-order chi connectivity index (χ1) is 17.1. The first-order valence-corrected chi connectivity index (χ1v) is 11.5. The van der Waals surface area contributed by atoms with E-state index in [0.29, 0.717) is 22.1 Å². The fourth-order valence-electron chi connectivity index (χ4n) is 3.83. The first kappa shape index (κ1) is 24.7. The van der Waals surface area contributed by atoms with E-state index in [1.807, 2.05) is 30.3 Å². The summed E-state index contributed by atoms with van der Waals surface area (Å²) in [5.41, 5.74) is 1.68. The van der Waals surface area contributed by atoms with Crippen molar-refractivity contribution >= 4 is 23.0 Å². The third-order valence-corrected chi connectivity index (χ3v) is 5.44. The van der Waals surface area contributed by atoms with Gasteiger partial charge < -0.3 is 19.2 Å². The Balaban J connectivity index is 1.69. The maximum Gasteiger partial charge on any atom is 0.408 e. The number of carbonyl (C=O) groups excluding carboxylic acids is 2. The largest absolute Gasteiger partial charge is 0.444 e. The van der Waals surface area contributed by atoms with Crippen LogP contribution in [-0.4, -0.2) is 17.7 Å². The molecule has 3 aromatic carbocycles. The zero-order chi connectivity index (χ0) is 25.9. The summed E-state index contributed by atoms with van der Waals surface area (Å²) >= 11 is 0. The summed E-state index contributed by atoms with van der Waals surface area (Å²) < 4.78 is 16.6. The van der Waals surface area contributed by atoms with Gasteiger partial charge in [-0.1, -0.05) is 60.7 Å². The van der Waals surface area contributed by atoms with Crippen LogP contribution in [0, 0.1) is 6.92 Å². The van der Waals surface area contributed by atoms with Gasteiger partial charge in [-0.2, -0.15) is 0 Å². The number of fused-ring (bicyclic) bond motifs is 1. The lowest BCUT2D eigenvalue weighted by molar-refractivity contribution is -0.137. The van der Waals surface area contributed by atoms with Crippen LogP contribution in [0.25, 0.3) is 22.1 Å². The number of hydrogen-bond acceptors (Lipinski definition) is 6. The normalized spacial score (nSPS) is 12.1. The highest BCUT2D eigenvalue weighted by Crippen LogP contribution is 2.33. The molecular formula is C29H27NO6. The molecule has 0 aliphatic heterocycles. The summed E-state index contributed by atoms with van der Waals surface area (Å²) in [7, 11) is 0. The Kier molecular flexibility index (Phi) is 6.92. The number of nitrogens with one attached hydrogen (secondary N) is 1. The third-order valence-electron chi connectivity index (χ3n) is 5.44. The molecule has 7 nitrogen and oxygen atoms in total. The van der Waals surface area contributed by atoms with Gasteiger partial charge in [0.1, 0.15) is 16.9 Å². The van der Waals surface area contributed by atoms with Gasteiger partial charge in [-0.05, 0) is 56.5 Å². The van der Waals surface area contributed by atoms with E-state index in [1.54, 1.807) is 70.2 Å². The van der Waals surface area contributed by atoms with Crippen molar-refractivity contribution in [1.29, 1.82) is 0 Å². The van der Waals surface area contributed by atoms with E-state index in [4.69, 9.17) is 13.9 Å². The molecule has 1 amide bonds. The maximum atomic E-state index is 13.3. The van der Waals surface area contributed by atoms with Gasteiger partial charge in [0, 0.05) is 17.0 Å². The molecule has 0 radical (unpaired) electrons. The molecule has 0 saturated heterocycles. The van der Waals surface area contributed by atoms with Crippen LogP contribution < -0.4 is 15.7 Å². The van der Waals surface area contributed by atoms with Crippen molar-refractivity contribution in [2.75, 3.05) is 0 Å². The number of amides is 1. The number of hydrogen-bond donors (Lipinski definition) is 1. The second-order valence-electron chi connectivity index (χ2n) is 9.32. The van der Waals surface area contributed by atoms with Crippen LogP contribution in [0.5, 0.6) is 5.75 Å². The Morgan fingerprint density at radius 3 is 2.19 bits per heavy atom. The predicted molar refractivity (Wildman–Crippen MR) is 137 cm³/mol. The molecule has 0 aliphatic rings. The molecule has 1 heterocycles. The zero-order valence-corrected chi connectivity index (χ0v) is 20.5. The standard InChI is InChI=1S/C29H27NO6/c1-18-23(16-15-21-22(17-24(31)35-26(18)21)19-11-7-5-8-12-19)34-27(32)25(20-13-9-6-10-14-20)30-28(33)36-29(2,3)4/h5-17,25H,1-4H3,(H,30,33). The fraction of sp³-hybridized carbons (Fsp3) is 0.207. The fourth-order valence-corrected chi connectivity index (χ4v) is 3.83. The molecule has 0 bridgehead atoms. The average molecular weight is 486 g/mol. The molecule has 0 saturated carbocycles. The maximum absolute atomic E-state index is 13.3. The Bertz CT molecular complexity index is 1450. The molecular weight excluding hydrogens is 458 g/mol. The van der Waals surface area contributed by atoms with Gasteiger partial charge in [0.2, 0.25) is 0 Å². The van der Waals surface area contributed by atoms with Gasteiger partial charge >= 0.3 is 17.7 Å². The van der Waals surface area contributed by atoms with Gasteiger partial charge in [-0.25, -0.2) is 14.4 Å². The molecule has 1 atom stereocenters. The van der Waals surface area contributed by atoms with Crippen molar-refractivity contribution in [2.24, 2.45) is 0 Å². The number of rotatable bonds is 5. The molecule has 184 valence electrons. The number of benzene rings is 3. The highest BCUT2D eigenvalue weighted by Gasteiger charge is 2.28. The Morgan fingerprint density at radius 1 is 0.917 bits per heavy atom. The van der Waals surface area contributed by atoms with Crippen LogP contribution in [0.1, 0.15) is 37.9 Å². The molecule has 0 aliphatic carbocycles. The second kappa shape index (κ2) is 10.1. The molecule has 1 unspecified atom stereocenters. The van der Waals surface area contributed by atoms with Gasteiger partial charge in [-0.3, -0.25) is 0 Å². The molecule has 4 aromatic rings. The zero-order valence-electron chi connectivity index (χ0n) is 20.5. The highest BCUT2D eigenvalue weighted by atomic mass is 16.6. The number of carbonyl (C=O) groups is 2. The monoisotopic (exact) mass is 485 g/mol. The molecule has 7 heteroatoms. The van der Waals surface area contributed by atoms with E-state index >= 15 is 0 Å². The van der Waals surface area contributed by atoms with Crippen molar-refractivity contribution < 1.29 is 23.5 Å². The smallest absolute Gasteiger partial charge is 0.408 e. The third kappa shape index (κ3) is 5.63. The van der Waals surface area contributed by atoms with Gasteiger partial charge in [0.25, 0.3) is 0 Å². The van der Waals surface area contributed by atoms with Gasteiger partial charge in [-0.15, -0.1) is 0 Å². The summed E-state index contributed by atoms with van der Waals surface area (Å²) in [4.78, 5) is 38.1. The lowest BCUT2D eigenvalue weighted by Gasteiger charge is -2.23. The quantitative estimate of drug-likeness (QED) is 0.214. The van der Waals surface area contributed by atoms with Gasteiger partial charge in [0.15, 0.2) is 6.04 Å². The van der Waals surface area contributed by atoms with E-state index in [0.717, 1.165) is 11.1 Å². The van der Waals surface area contributed by atoms with E-state index in [2.05, 4.69) is 5.32 Å². The summed E-state index contributed by atoms with van der Waals surface area (Å²) in [6, 6.07) is 22.0. The number of aryl methyl sites for hydroxylation is 1. The molecule has 1 aromatic heterocycles. The lowest BCUT2D eigenvalue weighted by Crippen LogP contribution is -2.39. The Labute approximate surface area is 208 Å². The van der Waals surface area contributed by atoms with E-state index in [-0.39, 0.29) is 5.75 Å². The van der Waals surface area contributed by atoms with E-state index < -0.39 is 29.3 Å². The lowest BCUT2D eigenvalue weighted by atomic mass is 10.00.